The molecule has 0 spiro atoms. The molecule has 0 aliphatic carbocycles. The lowest BCUT2D eigenvalue weighted by Gasteiger charge is -2.19. The summed E-state index contributed by atoms with van der Waals surface area (Å²) in [6.45, 7) is 0.254. The number of nitrogens with one attached hydrogen (secondary N) is 1. The number of ether oxygens (including phenoxy) is 2. The zero-order valence-electron chi connectivity index (χ0n) is 14.3. The second-order valence-electron chi connectivity index (χ2n) is 5.96. The summed E-state index contributed by atoms with van der Waals surface area (Å²) in [6, 6.07) is 6.53. The van der Waals surface area contributed by atoms with E-state index in [1.54, 1.807) is 24.3 Å². The standard InChI is InChI=1S/C17H19N3O6/c1-25-13-5-3-2-4-12(13)20-9-11(8-14(20)21)16(23)26-10-15(22)19-7-6-18-17(19)24/h2-5,11H,6-10H2,1H3,(H,18,24)/t11-/m1/s1. The van der Waals surface area contributed by atoms with Gasteiger partial charge in [0.25, 0.3) is 5.91 Å². The minimum absolute atomic E-state index is 0.00469. The first-order valence-electron chi connectivity index (χ1n) is 8.19. The number of anilines is 1. The van der Waals surface area contributed by atoms with Crippen molar-refractivity contribution in [1.29, 1.82) is 0 Å². The molecule has 0 saturated carbocycles. The summed E-state index contributed by atoms with van der Waals surface area (Å²) in [5.41, 5.74) is 0.583. The van der Waals surface area contributed by atoms with Crippen LogP contribution >= 0.6 is 0 Å². The Bertz CT molecular complexity index is 750. The highest BCUT2D eigenvalue weighted by Gasteiger charge is 2.37. The van der Waals surface area contributed by atoms with Gasteiger partial charge in [-0.3, -0.25) is 19.3 Å². The maximum Gasteiger partial charge on any atom is 0.324 e. The number of nitrogens with zero attached hydrogens (tertiary/aromatic N) is 2. The van der Waals surface area contributed by atoms with E-state index >= 15 is 0 Å². The molecular weight excluding hydrogens is 342 g/mol. The quantitative estimate of drug-likeness (QED) is 0.748. The summed E-state index contributed by atoms with van der Waals surface area (Å²) in [6.07, 6.45) is -0.00469. The summed E-state index contributed by atoms with van der Waals surface area (Å²) in [5, 5.41) is 2.50. The summed E-state index contributed by atoms with van der Waals surface area (Å²) in [4.78, 5) is 50.3. The van der Waals surface area contributed by atoms with Crippen molar-refractivity contribution < 1.29 is 28.7 Å². The average molecular weight is 361 g/mol. The van der Waals surface area contributed by atoms with Crippen molar-refractivity contribution in [3.05, 3.63) is 24.3 Å². The first-order chi connectivity index (χ1) is 12.5. The SMILES string of the molecule is COc1ccccc1N1C[C@H](C(=O)OCC(=O)N2CCNC2=O)CC1=O. The van der Waals surface area contributed by atoms with Gasteiger partial charge in [0, 0.05) is 26.1 Å². The number of esters is 1. The third kappa shape index (κ3) is 3.46. The number of hydrogen-bond acceptors (Lipinski definition) is 6. The van der Waals surface area contributed by atoms with E-state index in [0.29, 0.717) is 18.0 Å². The van der Waals surface area contributed by atoms with Crippen LogP contribution in [0.15, 0.2) is 24.3 Å². The molecule has 9 nitrogen and oxygen atoms in total. The normalized spacial score (nSPS) is 19.5. The molecular formula is C17H19N3O6. The van der Waals surface area contributed by atoms with Crippen LogP contribution in [0.4, 0.5) is 10.5 Å². The third-order valence-electron chi connectivity index (χ3n) is 4.33. The first kappa shape index (κ1) is 17.7. The molecule has 0 aromatic heterocycles. The van der Waals surface area contributed by atoms with Gasteiger partial charge in [-0.05, 0) is 12.1 Å². The summed E-state index contributed by atoms with van der Waals surface area (Å²) < 4.78 is 10.3. The van der Waals surface area contributed by atoms with Gasteiger partial charge in [0.1, 0.15) is 5.75 Å². The molecule has 26 heavy (non-hydrogen) atoms. The summed E-state index contributed by atoms with van der Waals surface area (Å²) in [7, 11) is 1.51. The second kappa shape index (κ2) is 7.42. The molecule has 4 amide bonds. The number of hydrogen-bond donors (Lipinski definition) is 1. The molecule has 2 heterocycles. The number of imide groups is 1. The van der Waals surface area contributed by atoms with Crippen molar-refractivity contribution in [2.75, 3.05) is 38.3 Å². The van der Waals surface area contributed by atoms with Crippen molar-refractivity contribution in [1.82, 2.24) is 10.2 Å². The highest BCUT2D eigenvalue weighted by Crippen LogP contribution is 2.33. The Morgan fingerprint density at radius 1 is 1.27 bits per heavy atom. The predicted octanol–water partition coefficient (Wildman–Crippen LogP) is 0.143. The lowest BCUT2D eigenvalue weighted by molar-refractivity contribution is -0.154. The molecule has 2 aliphatic heterocycles. The summed E-state index contributed by atoms with van der Waals surface area (Å²) >= 11 is 0. The van der Waals surface area contributed by atoms with E-state index in [0.717, 1.165) is 4.90 Å². The number of carbonyl (C=O) groups excluding carboxylic acids is 4. The number of rotatable bonds is 5. The lowest BCUT2D eigenvalue weighted by atomic mass is 10.1. The van der Waals surface area contributed by atoms with E-state index < -0.39 is 30.4 Å². The van der Waals surface area contributed by atoms with Gasteiger partial charge in [-0.15, -0.1) is 0 Å². The summed E-state index contributed by atoms with van der Waals surface area (Å²) in [5.74, 6) is -1.58. The molecule has 1 aromatic rings. The molecule has 0 radical (unpaired) electrons. The number of urea groups is 1. The maximum atomic E-state index is 12.3. The van der Waals surface area contributed by atoms with Gasteiger partial charge in [-0.2, -0.15) is 0 Å². The molecule has 0 unspecified atom stereocenters. The van der Waals surface area contributed by atoms with Crippen LogP contribution in [0.5, 0.6) is 5.75 Å². The molecule has 9 heteroatoms. The topological polar surface area (TPSA) is 105 Å². The van der Waals surface area contributed by atoms with E-state index in [2.05, 4.69) is 5.32 Å². The van der Waals surface area contributed by atoms with Crippen LogP contribution in [0.25, 0.3) is 0 Å². The Kier molecular flexibility index (Phi) is 5.06. The van der Waals surface area contributed by atoms with E-state index in [9.17, 15) is 19.2 Å². The Balaban J connectivity index is 1.59. The predicted molar refractivity (Wildman–Crippen MR) is 89.5 cm³/mol. The highest BCUT2D eigenvalue weighted by molar-refractivity contribution is 6.01. The van der Waals surface area contributed by atoms with Crippen LogP contribution in [0.1, 0.15) is 6.42 Å². The Labute approximate surface area is 149 Å². The molecule has 2 aliphatic rings. The minimum Gasteiger partial charge on any atom is -0.495 e. The van der Waals surface area contributed by atoms with Gasteiger partial charge in [-0.1, -0.05) is 12.1 Å². The van der Waals surface area contributed by atoms with Gasteiger partial charge in [0.2, 0.25) is 5.91 Å². The Morgan fingerprint density at radius 2 is 2.04 bits per heavy atom. The lowest BCUT2D eigenvalue weighted by Crippen LogP contribution is -2.38. The van der Waals surface area contributed by atoms with Gasteiger partial charge < -0.3 is 19.7 Å². The second-order valence-corrected chi connectivity index (χ2v) is 5.96. The fourth-order valence-corrected chi connectivity index (χ4v) is 2.99. The monoisotopic (exact) mass is 361 g/mol. The van der Waals surface area contributed by atoms with Crippen molar-refractivity contribution in [3.63, 3.8) is 0 Å². The van der Waals surface area contributed by atoms with Gasteiger partial charge in [0.15, 0.2) is 6.61 Å². The van der Waals surface area contributed by atoms with Crippen LogP contribution in [0.3, 0.4) is 0 Å². The van der Waals surface area contributed by atoms with Crippen molar-refractivity contribution in [3.8, 4) is 5.75 Å². The van der Waals surface area contributed by atoms with Gasteiger partial charge >= 0.3 is 12.0 Å². The fourth-order valence-electron chi connectivity index (χ4n) is 2.99. The molecule has 2 fully saturated rings. The van der Waals surface area contributed by atoms with Crippen molar-refractivity contribution >= 4 is 29.5 Å². The molecule has 3 rings (SSSR count). The number of methoxy groups -OCH3 is 1. The van der Waals surface area contributed by atoms with Crippen molar-refractivity contribution in [2.45, 2.75) is 6.42 Å². The van der Waals surface area contributed by atoms with E-state index in [1.807, 2.05) is 0 Å². The highest BCUT2D eigenvalue weighted by atomic mass is 16.5. The Morgan fingerprint density at radius 3 is 2.73 bits per heavy atom. The number of para-hydroxylation sites is 2. The van der Waals surface area contributed by atoms with Gasteiger partial charge in [0.05, 0.1) is 18.7 Å². The largest absolute Gasteiger partial charge is 0.495 e. The molecule has 1 N–H and O–H groups in total. The van der Waals surface area contributed by atoms with E-state index in [4.69, 9.17) is 9.47 Å². The van der Waals surface area contributed by atoms with E-state index in [1.165, 1.54) is 12.0 Å². The molecule has 0 bridgehead atoms. The number of benzene rings is 1. The smallest absolute Gasteiger partial charge is 0.324 e. The molecule has 138 valence electrons. The zero-order valence-corrected chi connectivity index (χ0v) is 14.3. The maximum absolute atomic E-state index is 12.3. The zero-order chi connectivity index (χ0) is 18.7. The van der Waals surface area contributed by atoms with Crippen LogP contribution < -0.4 is 15.0 Å². The first-order valence-corrected chi connectivity index (χ1v) is 8.19. The van der Waals surface area contributed by atoms with Crippen LogP contribution in [-0.2, 0) is 19.1 Å². The van der Waals surface area contributed by atoms with Crippen LogP contribution in [-0.4, -0.2) is 62.1 Å². The minimum atomic E-state index is -0.674. The number of amides is 4. The Hall–Kier alpha value is -3.10. The fraction of sp³-hybridized carbons (Fsp3) is 0.412. The molecule has 1 aromatic carbocycles. The average Bonchev–Trinajstić information content (AvgIpc) is 3.25. The van der Waals surface area contributed by atoms with Crippen molar-refractivity contribution in [2.24, 2.45) is 5.92 Å². The van der Waals surface area contributed by atoms with Crippen LogP contribution in [0, 0.1) is 5.92 Å². The molecule has 1 atom stereocenters. The molecule has 2 saturated heterocycles. The number of carbonyl (C=O) groups is 4. The van der Waals surface area contributed by atoms with E-state index in [-0.39, 0.29) is 25.4 Å². The van der Waals surface area contributed by atoms with Crippen LogP contribution in [0.2, 0.25) is 0 Å². The van der Waals surface area contributed by atoms with Gasteiger partial charge in [-0.25, -0.2) is 4.79 Å². The third-order valence-corrected chi connectivity index (χ3v) is 4.33.